The third-order valence-electron chi connectivity index (χ3n) is 5.25. The van der Waals surface area contributed by atoms with E-state index in [0.29, 0.717) is 30.3 Å². The van der Waals surface area contributed by atoms with Crippen molar-refractivity contribution in [3.63, 3.8) is 0 Å². The third kappa shape index (κ3) is 3.21. The van der Waals surface area contributed by atoms with Gasteiger partial charge in [0.2, 0.25) is 0 Å². The van der Waals surface area contributed by atoms with Crippen LogP contribution < -0.4 is 14.8 Å². The summed E-state index contributed by atoms with van der Waals surface area (Å²) in [6, 6.07) is 3.25. The predicted molar refractivity (Wildman–Crippen MR) is 96.7 cm³/mol. The van der Waals surface area contributed by atoms with E-state index in [0.717, 1.165) is 22.9 Å². The van der Waals surface area contributed by atoms with E-state index in [2.05, 4.69) is 28.2 Å². The first-order valence-corrected chi connectivity index (χ1v) is 9.24. The first kappa shape index (κ1) is 18.0. The Balaban J connectivity index is 1.84. The standard InChI is InChI=1S/C18H23BrN2O4/c1-11-4-6-18(7-5-11)16(22)21(17(23)20-18)10-12-8-14(24-2)15(25-3)9-13(12)19/h8-9,11H,4-7,10H2,1-3H3,(H,20,23). The first-order chi connectivity index (χ1) is 11.9. The average molecular weight is 411 g/mol. The Hall–Kier alpha value is -1.76. The Morgan fingerprint density at radius 2 is 1.80 bits per heavy atom. The molecule has 1 spiro atoms. The van der Waals surface area contributed by atoms with Gasteiger partial charge in [-0.05, 0) is 49.3 Å². The number of hydrogen-bond donors (Lipinski definition) is 1. The van der Waals surface area contributed by atoms with E-state index in [1.165, 1.54) is 4.90 Å². The van der Waals surface area contributed by atoms with Crippen molar-refractivity contribution < 1.29 is 19.1 Å². The SMILES string of the molecule is COc1cc(Br)c(CN2C(=O)NC3(CCC(C)CC3)C2=O)cc1OC. The molecular weight excluding hydrogens is 388 g/mol. The topological polar surface area (TPSA) is 67.9 Å². The number of ether oxygens (including phenoxy) is 2. The summed E-state index contributed by atoms with van der Waals surface area (Å²) in [6.45, 7) is 2.38. The number of urea groups is 1. The molecule has 0 radical (unpaired) electrons. The number of methoxy groups -OCH3 is 2. The molecule has 0 aromatic heterocycles. The van der Waals surface area contributed by atoms with E-state index in [9.17, 15) is 9.59 Å². The lowest BCUT2D eigenvalue weighted by atomic mass is 9.77. The number of carbonyl (C=O) groups is 2. The number of nitrogens with one attached hydrogen (secondary N) is 1. The highest BCUT2D eigenvalue weighted by atomic mass is 79.9. The van der Waals surface area contributed by atoms with Crippen molar-refractivity contribution in [2.24, 2.45) is 5.92 Å². The molecule has 1 aromatic rings. The van der Waals surface area contributed by atoms with Crippen LogP contribution >= 0.6 is 15.9 Å². The maximum Gasteiger partial charge on any atom is 0.325 e. The molecule has 1 heterocycles. The van der Waals surface area contributed by atoms with Gasteiger partial charge in [0.25, 0.3) is 5.91 Å². The number of benzene rings is 1. The van der Waals surface area contributed by atoms with Crippen LogP contribution in [0, 0.1) is 5.92 Å². The molecule has 1 aliphatic heterocycles. The fraction of sp³-hybridized carbons (Fsp3) is 0.556. The minimum absolute atomic E-state index is 0.119. The van der Waals surface area contributed by atoms with Crippen LogP contribution in [0.15, 0.2) is 16.6 Å². The lowest BCUT2D eigenvalue weighted by molar-refractivity contribution is -0.133. The highest BCUT2D eigenvalue weighted by Crippen LogP contribution is 2.38. The van der Waals surface area contributed by atoms with Gasteiger partial charge in [0, 0.05) is 4.47 Å². The van der Waals surface area contributed by atoms with Gasteiger partial charge in [-0.25, -0.2) is 4.79 Å². The van der Waals surface area contributed by atoms with Gasteiger partial charge in [0.05, 0.1) is 20.8 Å². The molecule has 1 saturated heterocycles. The summed E-state index contributed by atoms with van der Waals surface area (Å²) in [5.41, 5.74) is 0.0782. The summed E-state index contributed by atoms with van der Waals surface area (Å²) in [4.78, 5) is 26.7. The molecule has 6 nitrogen and oxygen atoms in total. The van der Waals surface area contributed by atoms with Crippen LogP contribution in [-0.4, -0.2) is 36.6 Å². The fourth-order valence-electron chi connectivity index (χ4n) is 3.60. The van der Waals surface area contributed by atoms with Crippen molar-refractivity contribution in [2.45, 2.75) is 44.7 Å². The summed E-state index contributed by atoms with van der Waals surface area (Å²) >= 11 is 3.49. The van der Waals surface area contributed by atoms with E-state index in [1.54, 1.807) is 26.4 Å². The Kier molecular flexibility index (Phi) is 4.95. The maximum atomic E-state index is 13.0. The minimum atomic E-state index is -0.716. The minimum Gasteiger partial charge on any atom is -0.493 e. The average Bonchev–Trinajstić information content (AvgIpc) is 2.83. The maximum absolute atomic E-state index is 13.0. The molecule has 1 saturated carbocycles. The monoisotopic (exact) mass is 410 g/mol. The summed E-state index contributed by atoms with van der Waals surface area (Å²) in [6.07, 6.45) is 3.34. The van der Waals surface area contributed by atoms with Crippen molar-refractivity contribution in [2.75, 3.05) is 14.2 Å². The molecule has 0 bridgehead atoms. The fourth-order valence-corrected chi connectivity index (χ4v) is 4.05. The van der Waals surface area contributed by atoms with Gasteiger partial charge < -0.3 is 14.8 Å². The smallest absolute Gasteiger partial charge is 0.325 e. The first-order valence-electron chi connectivity index (χ1n) is 8.44. The summed E-state index contributed by atoms with van der Waals surface area (Å²) < 4.78 is 11.4. The molecule has 25 heavy (non-hydrogen) atoms. The third-order valence-corrected chi connectivity index (χ3v) is 5.99. The molecule has 0 unspecified atom stereocenters. The number of imide groups is 1. The van der Waals surface area contributed by atoms with Crippen LogP contribution in [0.25, 0.3) is 0 Å². The van der Waals surface area contributed by atoms with E-state index in [1.807, 2.05) is 0 Å². The zero-order chi connectivity index (χ0) is 18.2. The number of nitrogens with zero attached hydrogens (tertiary/aromatic N) is 1. The quantitative estimate of drug-likeness (QED) is 0.771. The van der Waals surface area contributed by atoms with Crippen LogP contribution in [0.1, 0.15) is 38.2 Å². The summed E-state index contributed by atoms with van der Waals surface area (Å²) in [5, 5.41) is 2.95. The molecule has 3 amide bonds. The van der Waals surface area contributed by atoms with Crippen molar-refractivity contribution in [1.29, 1.82) is 0 Å². The van der Waals surface area contributed by atoms with Gasteiger partial charge in [-0.15, -0.1) is 0 Å². The largest absolute Gasteiger partial charge is 0.493 e. The van der Waals surface area contributed by atoms with Crippen LogP contribution in [-0.2, 0) is 11.3 Å². The molecule has 2 fully saturated rings. The van der Waals surface area contributed by atoms with Crippen LogP contribution in [0.4, 0.5) is 4.79 Å². The van der Waals surface area contributed by atoms with Crippen LogP contribution in [0.5, 0.6) is 11.5 Å². The summed E-state index contributed by atoms with van der Waals surface area (Å²) in [7, 11) is 3.12. The predicted octanol–water partition coefficient (Wildman–Crippen LogP) is 3.47. The number of hydrogen-bond acceptors (Lipinski definition) is 4. The van der Waals surface area contributed by atoms with Crippen LogP contribution in [0.2, 0.25) is 0 Å². The lowest BCUT2D eigenvalue weighted by Gasteiger charge is -2.33. The number of carbonyl (C=O) groups excluding carboxylic acids is 2. The molecule has 136 valence electrons. The van der Waals surface area contributed by atoms with Crippen molar-refractivity contribution in [1.82, 2.24) is 10.2 Å². The highest BCUT2D eigenvalue weighted by molar-refractivity contribution is 9.10. The Morgan fingerprint density at radius 1 is 1.20 bits per heavy atom. The van der Waals surface area contributed by atoms with Gasteiger partial charge in [-0.3, -0.25) is 9.69 Å². The molecule has 3 rings (SSSR count). The zero-order valence-corrected chi connectivity index (χ0v) is 16.3. The molecule has 1 aromatic carbocycles. The molecule has 1 aliphatic carbocycles. The second kappa shape index (κ2) is 6.86. The number of rotatable bonds is 4. The Labute approximate surface area is 156 Å². The van der Waals surface area contributed by atoms with Gasteiger partial charge >= 0.3 is 6.03 Å². The number of halogens is 1. The van der Waals surface area contributed by atoms with Gasteiger partial charge in [-0.2, -0.15) is 0 Å². The molecule has 2 aliphatic rings. The second-order valence-corrected chi connectivity index (χ2v) is 7.74. The Morgan fingerprint density at radius 3 is 2.40 bits per heavy atom. The van der Waals surface area contributed by atoms with Gasteiger partial charge in [0.1, 0.15) is 5.54 Å². The van der Waals surface area contributed by atoms with E-state index in [4.69, 9.17) is 9.47 Å². The molecular formula is C18H23BrN2O4. The molecule has 1 N–H and O–H groups in total. The highest BCUT2D eigenvalue weighted by Gasteiger charge is 2.52. The lowest BCUT2D eigenvalue weighted by Crippen LogP contribution is -2.49. The second-order valence-electron chi connectivity index (χ2n) is 6.88. The molecule has 0 atom stereocenters. The summed E-state index contributed by atoms with van der Waals surface area (Å²) in [5.74, 6) is 1.64. The number of amides is 3. The molecule has 7 heteroatoms. The van der Waals surface area contributed by atoms with E-state index in [-0.39, 0.29) is 18.5 Å². The van der Waals surface area contributed by atoms with Crippen LogP contribution in [0.3, 0.4) is 0 Å². The van der Waals surface area contributed by atoms with Crippen molar-refractivity contribution in [3.05, 3.63) is 22.2 Å². The van der Waals surface area contributed by atoms with E-state index >= 15 is 0 Å². The van der Waals surface area contributed by atoms with Gasteiger partial charge in [-0.1, -0.05) is 22.9 Å². The Bertz CT molecular complexity index is 699. The van der Waals surface area contributed by atoms with Crippen molar-refractivity contribution >= 4 is 27.9 Å². The van der Waals surface area contributed by atoms with Gasteiger partial charge in [0.15, 0.2) is 11.5 Å². The van der Waals surface area contributed by atoms with Crippen molar-refractivity contribution in [3.8, 4) is 11.5 Å². The zero-order valence-electron chi connectivity index (χ0n) is 14.7. The normalized spacial score (nSPS) is 26.1. The van der Waals surface area contributed by atoms with E-state index < -0.39 is 5.54 Å².